The Morgan fingerprint density at radius 2 is 2.10 bits per heavy atom. The number of carboxylic acid groups (broad SMARTS) is 1. The molecule has 0 aliphatic carbocycles. The van der Waals surface area contributed by atoms with Crippen LogP contribution < -0.4 is 5.69 Å². The summed E-state index contributed by atoms with van der Waals surface area (Å²) in [6.07, 6.45) is 1.66. The quantitative estimate of drug-likeness (QED) is 0.753. The number of aliphatic carboxylic acids is 1. The lowest BCUT2D eigenvalue weighted by Gasteiger charge is -2.04. The van der Waals surface area contributed by atoms with Gasteiger partial charge in [0.05, 0.1) is 5.75 Å². The number of benzene rings is 1. The van der Waals surface area contributed by atoms with E-state index in [4.69, 9.17) is 5.11 Å². The fourth-order valence-electron chi connectivity index (χ4n) is 1.82. The van der Waals surface area contributed by atoms with E-state index in [0.29, 0.717) is 11.7 Å². The van der Waals surface area contributed by atoms with Crippen LogP contribution in [0.2, 0.25) is 0 Å². The molecule has 0 atom stereocenters. The Balaban J connectivity index is 1.93. The first-order chi connectivity index (χ1) is 9.66. The molecule has 0 unspecified atom stereocenters. The molecule has 0 fully saturated rings. The number of aromatic nitrogens is 3. The largest absolute Gasteiger partial charge is 0.481 e. The fourth-order valence-corrected chi connectivity index (χ4v) is 2.52. The molecule has 0 spiro atoms. The molecule has 0 aliphatic heterocycles. The van der Waals surface area contributed by atoms with Crippen LogP contribution in [0, 0.1) is 0 Å². The third-order valence-electron chi connectivity index (χ3n) is 2.74. The molecule has 0 aliphatic rings. The number of aryl methyl sites for hydroxylation is 1. The van der Waals surface area contributed by atoms with Crippen molar-refractivity contribution in [2.45, 2.75) is 24.5 Å². The summed E-state index contributed by atoms with van der Waals surface area (Å²) >= 11 is 1.04. The van der Waals surface area contributed by atoms with Gasteiger partial charge in [0.2, 0.25) is 0 Å². The third kappa shape index (κ3) is 3.99. The molecule has 106 valence electrons. The number of hydrogen-bond donors (Lipinski definition) is 2. The van der Waals surface area contributed by atoms with Gasteiger partial charge < -0.3 is 5.11 Å². The van der Waals surface area contributed by atoms with E-state index in [1.54, 1.807) is 0 Å². The number of rotatable bonds is 7. The predicted molar refractivity (Wildman–Crippen MR) is 76.0 cm³/mol. The minimum absolute atomic E-state index is 0.108. The van der Waals surface area contributed by atoms with Crippen molar-refractivity contribution in [3.8, 4) is 0 Å². The van der Waals surface area contributed by atoms with Gasteiger partial charge in [0.15, 0.2) is 5.16 Å². The van der Waals surface area contributed by atoms with Gasteiger partial charge in [0, 0.05) is 6.54 Å². The van der Waals surface area contributed by atoms with Gasteiger partial charge in [-0.15, -0.1) is 5.10 Å². The molecule has 0 saturated heterocycles. The van der Waals surface area contributed by atoms with Crippen LogP contribution in [-0.2, 0) is 17.8 Å². The maximum atomic E-state index is 11.6. The van der Waals surface area contributed by atoms with Gasteiger partial charge in [-0.2, -0.15) is 0 Å². The van der Waals surface area contributed by atoms with E-state index in [1.807, 2.05) is 30.3 Å². The summed E-state index contributed by atoms with van der Waals surface area (Å²) in [6.45, 7) is 0.520. The molecule has 6 nitrogen and oxygen atoms in total. The summed E-state index contributed by atoms with van der Waals surface area (Å²) < 4.78 is 1.48. The lowest BCUT2D eigenvalue weighted by atomic mass is 10.1. The highest BCUT2D eigenvalue weighted by Gasteiger charge is 2.10. The number of carbonyl (C=O) groups is 1. The second-order valence-electron chi connectivity index (χ2n) is 4.23. The van der Waals surface area contributed by atoms with Crippen molar-refractivity contribution in [1.82, 2.24) is 14.8 Å². The summed E-state index contributed by atoms with van der Waals surface area (Å²) in [5.74, 6) is -1.04. The smallest absolute Gasteiger partial charge is 0.343 e. The van der Waals surface area contributed by atoms with Crippen LogP contribution in [0.4, 0.5) is 0 Å². The molecule has 1 aromatic carbocycles. The average molecular weight is 293 g/mol. The van der Waals surface area contributed by atoms with Gasteiger partial charge in [0.25, 0.3) is 0 Å². The number of nitrogens with one attached hydrogen (secondary N) is 1. The van der Waals surface area contributed by atoms with E-state index in [9.17, 15) is 9.59 Å². The Kier molecular flexibility index (Phi) is 5.00. The van der Waals surface area contributed by atoms with Gasteiger partial charge in [-0.05, 0) is 18.4 Å². The molecule has 1 aromatic heterocycles. The zero-order valence-electron chi connectivity index (χ0n) is 10.8. The van der Waals surface area contributed by atoms with E-state index in [1.165, 1.54) is 10.1 Å². The molecule has 20 heavy (non-hydrogen) atoms. The molecule has 2 rings (SSSR count). The molecule has 0 radical (unpaired) electrons. The minimum atomic E-state index is -0.929. The van der Waals surface area contributed by atoms with Crippen molar-refractivity contribution >= 4 is 17.7 Å². The number of thioether (sulfide) groups is 1. The van der Waals surface area contributed by atoms with Gasteiger partial charge in [-0.25, -0.2) is 9.89 Å². The van der Waals surface area contributed by atoms with E-state index < -0.39 is 5.97 Å². The Morgan fingerprint density at radius 1 is 1.35 bits per heavy atom. The monoisotopic (exact) mass is 293 g/mol. The molecule has 7 heteroatoms. The summed E-state index contributed by atoms with van der Waals surface area (Å²) in [5.41, 5.74) is 0.912. The van der Waals surface area contributed by atoms with Crippen molar-refractivity contribution in [3.63, 3.8) is 0 Å². The highest BCUT2D eigenvalue weighted by atomic mass is 32.2. The summed E-state index contributed by atoms with van der Waals surface area (Å²) in [6, 6.07) is 10.0. The number of carboxylic acids is 1. The Morgan fingerprint density at radius 3 is 2.80 bits per heavy atom. The molecule has 2 aromatic rings. The third-order valence-corrected chi connectivity index (χ3v) is 3.70. The first kappa shape index (κ1) is 14.4. The molecular formula is C13H15N3O3S. The van der Waals surface area contributed by atoms with Crippen LogP contribution in [0.3, 0.4) is 0 Å². The molecule has 1 heterocycles. The summed E-state index contributed by atoms with van der Waals surface area (Å²) in [7, 11) is 0. The first-order valence-electron chi connectivity index (χ1n) is 6.20. The SMILES string of the molecule is O=C(O)CSc1n[nH]c(=O)n1CCCc1ccccc1. The minimum Gasteiger partial charge on any atom is -0.481 e. The molecule has 0 amide bonds. The van der Waals surface area contributed by atoms with Crippen molar-refractivity contribution in [2.24, 2.45) is 0 Å². The average Bonchev–Trinajstić information content (AvgIpc) is 2.79. The van der Waals surface area contributed by atoms with Gasteiger partial charge >= 0.3 is 11.7 Å². The lowest BCUT2D eigenvalue weighted by Crippen LogP contribution is -2.18. The lowest BCUT2D eigenvalue weighted by molar-refractivity contribution is -0.133. The fraction of sp³-hybridized carbons (Fsp3) is 0.308. The van der Waals surface area contributed by atoms with Crippen molar-refractivity contribution in [1.29, 1.82) is 0 Å². The van der Waals surface area contributed by atoms with Crippen LogP contribution >= 0.6 is 11.8 Å². The second kappa shape index (κ2) is 6.95. The summed E-state index contributed by atoms with van der Waals surface area (Å²) in [4.78, 5) is 22.2. The number of H-pyrrole nitrogens is 1. The van der Waals surface area contributed by atoms with Crippen LogP contribution in [0.25, 0.3) is 0 Å². The van der Waals surface area contributed by atoms with Crippen LogP contribution in [0.5, 0.6) is 0 Å². The van der Waals surface area contributed by atoms with E-state index in [0.717, 1.165) is 24.6 Å². The Labute approximate surface area is 119 Å². The van der Waals surface area contributed by atoms with Crippen molar-refractivity contribution in [3.05, 3.63) is 46.4 Å². The van der Waals surface area contributed by atoms with Gasteiger partial charge in [0.1, 0.15) is 0 Å². The van der Waals surface area contributed by atoms with Crippen molar-refractivity contribution < 1.29 is 9.90 Å². The molecule has 0 bridgehead atoms. The maximum absolute atomic E-state index is 11.6. The standard InChI is InChI=1S/C13H15N3O3S/c17-11(18)9-20-13-15-14-12(19)16(13)8-4-7-10-5-2-1-3-6-10/h1-3,5-6H,4,7-9H2,(H,14,19)(H,17,18). The highest BCUT2D eigenvalue weighted by molar-refractivity contribution is 7.99. The Hall–Kier alpha value is -2.02. The molecular weight excluding hydrogens is 278 g/mol. The van der Waals surface area contributed by atoms with E-state index >= 15 is 0 Å². The Bertz CT molecular complexity index is 621. The van der Waals surface area contributed by atoms with Gasteiger partial charge in [-0.3, -0.25) is 9.36 Å². The number of hydrogen-bond acceptors (Lipinski definition) is 4. The van der Waals surface area contributed by atoms with E-state index in [2.05, 4.69) is 10.2 Å². The molecule has 0 saturated carbocycles. The van der Waals surface area contributed by atoms with Crippen LogP contribution in [0.15, 0.2) is 40.3 Å². The highest BCUT2D eigenvalue weighted by Crippen LogP contribution is 2.13. The zero-order chi connectivity index (χ0) is 14.4. The van der Waals surface area contributed by atoms with E-state index in [-0.39, 0.29) is 11.4 Å². The molecule has 2 N–H and O–H groups in total. The topological polar surface area (TPSA) is 88.0 Å². The normalized spacial score (nSPS) is 10.6. The number of nitrogens with zero attached hydrogens (tertiary/aromatic N) is 2. The van der Waals surface area contributed by atoms with Crippen LogP contribution in [0.1, 0.15) is 12.0 Å². The van der Waals surface area contributed by atoms with Crippen molar-refractivity contribution in [2.75, 3.05) is 5.75 Å². The van der Waals surface area contributed by atoms with Crippen LogP contribution in [-0.4, -0.2) is 31.6 Å². The zero-order valence-corrected chi connectivity index (χ0v) is 11.6. The predicted octanol–water partition coefficient (Wildman–Crippen LogP) is 1.38. The maximum Gasteiger partial charge on any atom is 0.343 e. The summed E-state index contributed by atoms with van der Waals surface area (Å²) in [5, 5.41) is 15.3. The van der Waals surface area contributed by atoms with Gasteiger partial charge in [-0.1, -0.05) is 42.1 Å². The number of aromatic amines is 1. The first-order valence-corrected chi connectivity index (χ1v) is 7.19. The second-order valence-corrected chi connectivity index (χ2v) is 5.18.